The summed E-state index contributed by atoms with van der Waals surface area (Å²) in [6.45, 7) is 5.87. The third kappa shape index (κ3) is 4.18. The number of carboxylic acids is 1. The van der Waals surface area contributed by atoms with Crippen molar-refractivity contribution in [3.05, 3.63) is 0 Å². The topological polar surface area (TPSA) is 76.1 Å². The minimum Gasteiger partial charge on any atom is -0.481 e. The van der Waals surface area contributed by atoms with Crippen LogP contribution < -0.4 is 0 Å². The van der Waals surface area contributed by atoms with Crippen LogP contribution in [0.5, 0.6) is 0 Å². The Labute approximate surface area is 107 Å². The maximum atomic E-state index is 11.9. The van der Waals surface area contributed by atoms with E-state index in [1.165, 1.54) is 12.0 Å². The number of nitrogens with zero attached hydrogens (tertiary/aromatic N) is 1. The highest BCUT2D eigenvalue weighted by Gasteiger charge is 2.35. The van der Waals surface area contributed by atoms with Crippen LogP contribution >= 0.6 is 0 Å². The Morgan fingerprint density at radius 3 is 2.33 bits per heavy atom. The van der Waals surface area contributed by atoms with Crippen LogP contribution in [0.4, 0.5) is 4.79 Å². The summed E-state index contributed by atoms with van der Waals surface area (Å²) in [7, 11) is 1.52. The highest BCUT2D eigenvalue weighted by molar-refractivity contribution is 5.73. The molecule has 1 saturated heterocycles. The number of piperidine rings is 1. The number of ether oxygens (including phenoxy) is 2. The minimum atomic E-state index is -0.912. The lowest BCUT2D eigenvalue weighted by molar-refractivity contribution is -0.145. The number of carbonyl (C=O) groups excluding carboxylic acids is 1. The zero-order valence-electron chi connectivity index (χ0n) is 11.3. The molecule has 0 aromatic heterocycles. The Morgan fingerprint density at radius 2 is 1.89 bits per heavy atom. The summed E-state index contributed by atoms with van der Waals surface area (Å²) >= 11 is 0. The average molecular weight is 259 g/mol. The summed E-state index contributed by atoms with van der Waals surface area (Å²) in [6, 6.07) is 0. The molecular weight excluding hydrogens is 238 g/mol. The van der Waals surface area contributed by atoms with Crippen LogP contribution in [0.2, 0.25) is 0 Å². The number of hydrogen-bond donors (Lipinski definition) is 1. The highest BCUT2D eigenvalue weighted by Crippen LogP contribution is 2.21. The van der Waals surface area contributed by atoms with Crippen molar-refractivity contribution < 1.29 is 24.2 Å². The van der Waals surface area contributed by atoms with Crippen molar-refractivity contribution in [2.45, 2.75) is 38.9 Å². The fourth-order valence-corrected chi connectivity index (χ4v) is 1.88. The van der Waals surface area contributed by atoms with Crippen molar-refractivity contribution in [3.63, 3.8) is 0 Å². The monoisotopic (exact) mass is 259 g/mol. The number of aliphatic carboxylic acids is 1. The lowest BCUT2D eigenvalue weighted by Gasteiger charge is -2.36. The maximum absolute atomic E-state index is 11.9. The summed E-state index contributed by atoms with van der Waals surface area (Å²) in [5.74, 6) is -1.51. The Bertz CT molecular complexity index is 323. The van der Waals surface area contributed by atoms with Crippen LogP contribution in [-0.2, 0) is 14.3 Å². The van der Waals surface area contributed by atoms with Crippen molar-refractivity contribution in [1.82, 2.24) is 4.90 Å². The summed E-state index contributed by atoms with van der Waals surface area (Å²) in [6.07, 6.45) is -0.326. The van der Waals surface area contributed by atoms with Gasteiger partial charge in [-0.3, -0.25) is 4.79 Å². The van der Waals surface area contributed by atoms with Gasteiger partial charge in [-0.1, -0.05) is 0 Å². The fourth-order valence-electron chi connectivity index (χ4n) is 1.88. The van der Waals surface area contributed by atoms with E-state index in [0.29, 0.717) is 13.0 Å². The normalized spacial score (nSPS) is 24.8. The molecule has 0 radical (unpaired) electrons. The number of likely N-dealkylation sites (tertiary alicyclic amines) is 1. The number of hydrogen-bond acceptors (Lipinski definition) is 4. The van der Waals surface area contributed by atoms with Gasteiger partial charge in [0.15, 0.2) is 0 Å². The molecule has 0 saturated carbocycles. The largest absolute Gasteiger partial charge is 0.481 e. The van der Waals surface area contributed by atoms with Gasteiger partial charge in [0, 0.05) is 13.7 Å². The van der Waals surface area contributed by atoms with Gasteiger partial charge in [-0.05, 0) is 27.2 Å². The van der Waals surface area contributed by atoms with E-state index in [4.69, 9.17) is 14.6 Å². The van der Waals surface area contributed by atoms with Crippen LogP contribution in [0.25, 0.3) is 0 Å². The van der Waals surface area contributed by atoms with Crippen molar-refractivity contribution in [1.29, 1.82) is 0 Å². The first kappa shape index (κ1) is 14.8. The van der Waals surface area contributed by atoms with Crippen LogP contribution in [0.1, 0.15) is 27.2 Å². The molecule has 0 aromatic carbocycles. The molecule has 0 aromatic rings. The third-order valence-electron chi connectivity index (χ3n) is 2.75. The van der Waals surface area contributed by atoms with E-state index in [9.17, 15) is 9.59 Å². The van der Waals surface area contributed by atoms with Gasteiger partial charge < -0.3 is 19.5 Å². The number of carbonyl (C=O) groups is 2. The van der Waals surface area contributed by atoms with Crippen molar-refractivity contribution in [3.8, 4) is 0 Å². The van der Waals surface area contributed by atoms with E-state index < -0.39 is 23.6 Å². The van der Waals surface area contributed by atoms with Gasteiger partial charge >= 0.3 is 12.1 Å². The second-order valence-corrected chi connectivity index (χ2v) is 5.51. The first-order chi connectivity index (χ1) is 8.23. The molecule has 6 heteroatoms. The standard InChI is InChI=1S/C12H21NO5/c1-12(2,3)18-11(16)13-6-8(10(14)15)5-9(7-13)17-4/h8-9H,5-7H2,1-4H3,(H,14,15)/t8-,9-/m1/s1. The van der Waals surface area contributed by atoms with E-state index >= 15 is 0 Å². The first-order valence-corrected chi connectivity index (χ1v) is 5.96. The van der Waals surface area contributed by atoms with E-state index in [1.807, 2.05) is 0 Å². The van der Waals surface area contributed by atoms with Crippen molar-refractivity contribution >= 4 is 12.1 Å². The Kier molecular flexibility index (Phi) is 4.56. The smallest absolute Gasteiger partial charge is 0.410 e. The molecule has 104 valence electrons. The lowest BCUT2D eigenvalue weighted by atomic mass is 9.96. The van der Waals surface area contributed by atoms with E-state index in [1.54, 1.807) is 20.8 Å². The Hall–Kier alpha value is -1.30. The first-order valence-electron chi connectivity index (χ1n) is 5.96. The second kappa shape index (κ2) is 5.56. The molecule has 1 aliphatic heterocycles. The maximum Gasteiger partial charge on any atom is 0.410 e. The van der Waals surface area contributed by atoms with Crippen molar-refractivity contribution in [2.75, 3.05) is 20.2 Å². The zero-order chi connectivity index (χ0) is 13.9. The molecule has 1 rings (SSSR count). The van der Waals surface area contributed by atoms with E-state index in [2.05, 4.69) is 0 Å². The summed E-state index contributed by atoms with van der Waals surface area (Å²) < 4.78 is 10.4. The summed E-state index contributed by atoms with van der Waals surface area (Å²) in [5, 5.41) is 9.05. The van der Waals surface area contributed by atoms with Gasteiger partial charge in [0.2, 0.25) is 0 Å². The van der Waals surface area contributed by atoms with Gasteiger partial charge in [-0.2, -0.15) is 0 Å². The SMILES string of the molecule is CO[C@@H]1C[C@@H](C(=O)O)CN(C(=O)OC(C)(C)C)C1. The zero-order valence-corrected chi connectivity index (χ0v) is 11.3. The molecule has 1 heterocycles. The van der Waals surface area contributed by atoms with Crippen molar-refractivity contribution in [2.24, 2.45) is 5.92 Å². The molecule has 0 unspecified atom stereocenters. The predicted octanol–water partition coefficient (Wildman–Crippen LogP) is 1.34. The molecule has 18 heavy (non-hydrogen) atoms. The molecule has 0 spiro atoms. The summed E-state index contributed by atoms with van der Waals surface area (Å²) in [5.41, 5.74) is -0.587. The van der Waals surface area contributed by atoms with Crippen LogP contribution in [-0.4, -0.2) is 54.0 Å². The number of amides is 1. The van der Waals surface area contributed by atoms with E-state index in [0.717, 1.165) is 0 Å². The minimum absolute atomic E-state index is 0.171. The van der Waals surface area contributed by atoms with Gasteiger partial charge in [-0.25, -0.2) is 4.79 Å². The molecule has 1 fully saturated rings. The van der Waals surface area contributed by atoms with Gasteiger partial charge in [-0.15, -0.1) is 0 Å². The molecule has 1 N–H and O–H groups in total. The van der Waals surface area contributed by atoms with Crippen LogP contribution in [0, 0.1) is 5.92 Å². The molecule has 0 bridgehead atoms. The Morgan fingerprint density at radius 1 is 1.28 bits per heavy atom. The van der Waals surface area contributed by atoms with Gasteiger partial charge in [0.1, 0.15) is 5.60 Å². The molecule has 1 aliphatic rings. The number of rotatable bonds is 2. The Balaban J connectivity index is 2.69. The molecule has 6 nitrogen and oxygen atoms in total. The van der Waals surface area contributed by atoms with Gasteiger partial charge in [0.25, 0.3) is 0 Å². The summed E-state index contributed by atoms with van der Waals surface area (Å²) in [4.78, 5) is 24.3. The molecular formula is C12H21NO5. The van der Waals surface area contributed by atoms with Crippen LogP contribution in [0.3, 0.4) is 0 Å². The second-order valence-electron chi connectivity index (χ2n) is 5.51. The lowest BCUT2D eigenvalue weighted by Crippen LogP contribution is -2.50. The molecule has 2 atom stereocenters. The average Bonchev–Trinajstić information content (AvgIpc) is 2.26. The fraction of sp³-hybridized carbons (Fsp3) is 0.833. The molecule has 1 amide bonds. The highest BCUT2D eigenvalue weighted by atomic mass is 16.6. The quantitative estimate of drug-likeness (QED) is 0.810. The third-order valence-corrected chi connectivity index (χ3v) is 2.75. The molecule has 0 aliphatic carbocycles. The van der Waals surface area contributed by atoms with Crippen LogP contribution in [0.15, 0.2) is 0 Å². The van der Waals surface area contributed by atoms with E-state index in [-0.39, 0.29) is 12.6 Å². The number of carboxylic acid groups (broad SMARTS) is 1. The predicted molar refractivity (Wildman–Crippen MR) is 64.3 cm³/mol. The van der Waals surface area contributed by atoms with Gasteiger partial charge in [0.05, 0.1) is 18.6 Å². The number of methoxy groups -OCH3 is 1.